The molecule has 1 N–H and O–H groups in total. The van der Waals surface area contributed by atoms with E-state index in [9.17, 15) is 32.7 Å². The number of ketones is 1. The van der Waals surface area contributed by atoms with Crippen LogP contribution in [0.15, 0.2) is 60.7 Å². The lowest BCUT2D eigenvalue weighted by atomic mass is 9.73. The zero-order valence-electron chi connectivity index (χ0n) is 46.6. The van der Waals surface area contributed by atoms with Crippen LogP contribution in [0.5, 0.6) is 0 Å². The third-order valence-corrected chi connectivity index (χ3v) is 15.8. The van der Waals surface area contributed by atoms with E-state index >= 15 is 4.79 Å². The molecular formula is C55H81NO19S. The summed E-state index contributed by atoms with van der Waals surface area (Å²) in [7, 11) is 2.11. The number of methoxy groups -OCH3 is 2. The Bertz CT molecular complexity index is 2390. The molecule has 2 aromatic rings. The monoisotopic (exact) mass is 1090 g/mol. The van der Waals surface area contributed by atoms with Crippen LogP contribution >= 0.6 is 0 Å². The van der Waals surface area contributed by atoms with Crippen LogP contribution in [-0.2, 0) is 76.1 Å². The van der Waals surface area contributed by atoms with Crippen molar-refractivity contribution in [3.8, 4) is 0 Å². The average molecular weight is 1090 g/mol. The molecule has 0 aromatic heterocycles. The molecule has 76 heavy (non-hydrogen) atoms. The molecule has 21 heteroatoms. The topological polar surface area (TPSA) is 244 Å². The van der Waals surface area contributed by atoms with E-state index in [1.165, 1.54) is 28.1 Å². The Morgan fingerprint density at radius 2 is 1.32 bits per heavy atom. The van der Waals surface area contributed by atoms with Gasteiger partial charge in [-0.3, -0.25) is 18.6 Å². The average Bonchev–Trinajstić information content (AvgIpc) is 3.37. The fourth-order valence-electron chi connectivity index (χ4n) is 11.0. The molecule has 3 heterocycles. The molecule has 0 saturated carbocycles. The van der Waals surface area contributed by atoms with Crippen molar-refractivity contribution in [2.24, 2.45) is 23.7 Å². The van der Waals surface area contributed by atoms with Crippen molar-refractivity contribution in [3.05, 3.63) is 71.8 Å². The first kappa shape index (κ1) is 62.4. The van der Waals surface area contributed by atoms with Crippen molar-refractivity contribution in [2.75, 3.05) is 41.2 Å². The number of nitrogens with zero attached hydrogens (tertiary/aromatic N) is 1. The summed E-state index contributed by atoms with van der Waals surface area (Å²) in [4.78, 5) is 71.7. The molecular weight excluding hydrogens is 1010 g/mol. The molecule has 0 unspecified atom stereocenters. The first-order valence-corrected chi connectivity index (χ1v) is 27.7. The Morgan fingerprint density at radius 1 is 0.763 bits per heavy atom. The number of Topliss-reactive ketones (excluding diaryl/α,β-unsaturated/α-hetero) is 1. The normalized spacial score (nSPS) is 37.1. The molecule has 426 valence electrons. The van der Waals surface area contributed by atoms with Gasteiger partial charge in [-0.1, -0.05) is 64.1 Å². The van der Waals surface area contributed by atoms with Gasteiger partial charge in [-0.2, -0.15) is 8.42 Å². The lowest BCUT2D eigenvalue weighted by Crippen LogP contribution is -2.63. The molecule has 5 rings (SSSR count). The fraction of sp³-hybridized carbons (Fsp3) is 0.691. The van der Waals surface area contributed by atoms with Crippen molar-refractivity contribution in [2.45, 2.75) is 179 Å². The van der Waals surface area contributed by atoms with Gasteiger partial charge in [0.05, 0.1) is 59.4 Å². The molecule has 3 saturated heterocycles. The third-order valence-electron chi connectivity index (χ3n) is 15.3. The third kappa shape index (κ3) is 14.8. The van der Waals surface area contributed by atoms with Crippen LogP contribution in [-0.4, -0.2) is 174 Å². The predicted molar refractivity (Wildman–Crippen MR) is 275 cm³/mol. The van der Waals surface area contributed by atoms with Crippen LogP contribution in [0.2, 0.25) is 0 Å². The number of esters is 4. The SMILES string of the molecule is CC[C@H]1OC(=O)[C@H](C)[C@@H](O[C@H]2C[C@@](C)(OC)[C@@H](OC(=O)c3ccccc3)[C@H](C)O2)[C@H](C)[C@@H](O[C@@H]2O[C@H](C)C[C@H](N(C)C)[C@H]2OC(=O)c2ccccc2)[C@](C)(OC)C[C@@H](C)C(=O)[C@H](C)[C@@H](OS(C)(=O)=O)[C@@]1(O)COC(C)=O. The molecule has 18 atom stereocenters. The lowest BCUT2D eigenvalue weighted by Gasteiger charge is -2.50. The zero-order valence-corrected chi connectivity index (χ0v) is 47.4. The maximum Gasteiger partial charge on any atom is 0.338 e. The standard InChI is InChI=1S/C55H81NO19S/c1-16-41-55(62,30-67-37(8)57)47(75-76(15,63)64)33(4)43(58)31(2)28-53(9,65-13)46(74-52-45(40(56(11)12)27-32(3)68-52)72-50(60)38-23-19-17-20-24-38)34(5)44(35(6)49(59)70-41)71-42-29-54(10,66-14)48(36(7)69-42)73-51(61)39-25-21-18-22-26-39/h17-26,31-36,40-42,44-48,52,62H,16,27-30H2,1-15H3/t31-,32-,33+,34+,35-,36+,40+,41-,42+,44+,45-,46-,47-,48+,52+,53-,54-,55-/m1/s1. The molecule has 0 spiro atoms. The van der Waals surface area contributed by atoms with Gasteiger partial charge in [-0.15, -0.1) is 0 Å². The van der Waals surface area contributed by atoms with Crippen LogP contribution in [0.1, 0.15) is 116 Å². The number of rotatable bonds is 16. The lowest BCUT2D eigenvalue weighted by molar-refractivity contribution is -0.318. The minimum absolute atomic E-state index is 0.0441. The molecule has 0 radical (unpaired) electrons. The molecule has 2 aromatic carbocycles. The number of hydrogen-bond acceptors (Lipinski definition) is 20. The van der Waals surface area contributed by atoms with Crippen LogP contribution in [0.3, 0.4) is 0 Å². The number of benzene rings is 2. The number of hydrogen-bond donors (Lipinski definition) is 1. The van der Waals surface area contributed by atoms with Crippen molar-refractivity contribution >= 4 is 39.8 Å². The Labute approximate surface area is 448 Å². The number of aliphatic hydroxyl groups is 1. The second-order valence-corrected chi connectivity index (χ2v) is 23.0. The summed E-state index contributed by atoms with van der Waals surface area (Å²) in [6.45, 7) is 15.0. The minimum atomic E-state index is -4.48. The van der Waals surface area contributed by atoms with E-state index in [0.717, 1.165) is 13.2 Å². The Hall–Kier alpha value is -4.42. The van der Waals surface area contributed by atoms with E-state index in [1.807, 2.05) is 25.9 Å². The van der Waals surface area contributed by atoms with Gasteiger partial charge in [0.25, 0.3) is 10.1 Å². The Morgan fingerprint density at radius 3 is 1.83 bits per heavy atom. The first-order valence-electron chi connectivity index (χ1n) is 25.9. The second kappa shape index (κ2) is 26.0. The van der Waals surface area contributed by atoms with E-state index in [4.69, 9.17) is 51.6 Å². The van der Waals surface area contributed by atoms with Gasteiger partial charge in [0.2, 0.25) is 0 Å². The van der Waals surface area contributed by atoms with E-state index < -0.39 is 154 Å². The summed E-state index contributed by atoms with van der Waals surface area (Å²) in [5.74, 6) is -8.41. The van der Waals surface area contributed by atoms with Crippen molar-refractivity contribution in [3.63, 3.8) is 0 Å². The number of carbonyl (C=O) groups is 5. The van der Waals surface area contributed by atoms with E-state index in [0.29, 0.717) is 12.0 Å². The second-order valence-electron chi connectivity index (χ2n) is 21.4. The maximum absolute atomic E-state index is 15.1. The number of likely N-dealkylation sites (N-methyl/N-ethyl adjacent to an activating group) is 1. The van der Waals surface area contributed by atoms with Crippen LogP contribution in [0.25, 0.3) is 0 Å². The van der Waals surface area contributed by atoms with E-state index in [-0.39, 0.29) is 24.8 Å². The molecule has 0 amide bonds. The van der Waals surface area contributed by atoms with Crippen molar-refractivity contribution < 1.29 is 89.0 Å². The smallest absolute Gasteiger partial charge is 0.338 e. The van der Waals surface area contributed by atoms with Gasteiger partial charge in [0, 0.05) is 45.3 Å². The molecule has 3 aliphatic heterocycles. The molecule has 3 aliphatic rings. The summed E-state index contributed by atoms with van der Waals surface area (Å²) in [6, 6.07) is 16.5. The first-order chi connectivity index (χ1) is 35.5. The van der Waals surface area contributed by atoms with Crippen LogP contribution < -0.4 is 0 Å². The highest BCUT2D eigenvalue weighted by atomic mass is 32.2. The largest absolute Gasteiger partial charge is 0.463 e. The summed E-state index contributed by atoms with van der Waals surface area (Å²) in [5.41, 5.74) is -4.80. The van der Waals surface area contributed by atoms with E-state index in [1.54, 1.807) is 102 Å². The Kier molecular flexibility index (Phi) is 21.4. The number of carbonyl (C=O) groups excluding carboxylic acids is 5. The highest BCUT2D eigenvalue weighted by Crippen LogP contribution is 2.43. The highest BCUT2D eigenvalue weighted by molar-refractivity contribution is 7.86. The van der Waals surface area contributed by atoms with Crippen LogP contribution in [0, 0.1) is 23.7 Å². The van der Waals surface area contributed by atoms with Gasteiger partial charge >= 0.3 is 23.9 Å². The zero-order chi connectivity index (χ0) is 56.7. The summed E-state index contributed by atoms with van der Waals surface area (Å²) >= 11 is 0. The molecule has 0 aliphatic carbocycles. The predicted octanol–water partition coefficient (Wildman–Crippen LogP) is 5.70. The summed E-state index contributed by atoms with van der Waals surface area (Å²) in [5, 5.41) is 12.8. The Balaban J connectivity index is 1.70. The highest BCUT2D eigenvalue weighted by Gasteiger charge is 2.57. The van der Waals surface area contributed by atoms with Gasteiger partial charge in [0.1, 0.15) is 30.2 Å². The van der Waals surface area contributed by atoms with Gasteiger partial charge < -0.3 is 57.4 Å². The minimum Gasteiger partial charge on any atom is -0.463 e. The van der Waals surface area contributed by atoms with Gasteiger partial charge in [0.15, 0.2) is 30.4 Å². The number of ether oxygens (including phenoxy) is 10. The number of cyclic esters (lactones) is 1. The molecule has 3 fully saturated rings. The molecule has 20 nitrogen and oxygen atoms in total. The van der Waals surface area contributed by atoms with Gasteiger partial charge in [-0.25, -0.2) is 9.59 Å². The van der Waals surface area contributed by atoms with E-state index in [2.05, 4.69) is 0 Å². The van der Waals surface area contributed by atoms with Crippen LogP contribution in [0.4, 0.5) is 0 Å². The van der Waals surface area contributed by atoms with Gasteiger partial charge in [-0.05, 0) is 92.2 Å². The maximum atomic E-state index is 15.1. The van der Waals surface area contributed by atoms with Crippen molar-refractivity contribution in [1.82, 2.24) is 4.90 Å². The summed E-state index contributed by atoms with van der Waals surface area (Å²) < 4.78 is 95.6. The quantitative estimate of drug-likeness (QED) is 0.120. The summed E-state index contributed by atoms with van der Waals surface area (Å²) in [6.07, 6.45) is -11.1. The fourth-order valence-corrected chi connectivity index (χ4v) is 11.7. The molecule has 0 bridgehead atoms. The van der Waals surface area contributed by atoms with Crippen molar-refractivity contribution in [1.29, 1.82) is 0 Å².